The summed E-state index contributed by atoms with van der Waals surface area (Å²) in [6, 6.07) is 0.345. The number of nitrogens with zero attached hydrogens (tertiary/aromatic N) is 3. The van der Waals surface area contributed by atoms with Crippen molar-refractivity contribution in [3.8, 4) is 0 Å². The van der Waals surface area contributed by atoms with Gasteiger partial charge in [-0.05, 0) is 27.9 Å². The molecule has 0 radical (unpaired) electrons. The number of likely N-dealkylation sites (N-methyl/N-ethyl adjacent to an activating group) is 2. The van der Waals surface area contributed by atoms with E-state index in [0.717, 1.165) is 18.8 Å². The molecule has 1 aromatic heterocycles. The second-order valence-corrected chi connectivity index (χ2v) is 4.86. The second-order valence-electron chi connectivity index (χ2n) is 4.46. The van der Waals surface area contributed by atoms with Crippen LogP contribution in [-0.2, 0) is 0 Å². The van der Waals surface area contributed by atoms with Crippen LogP contribution in [0.3, 0.4) is 0 Å². The van der Waals surface area contributed by atoms with Gasteiger partial charge in [-0.1, -0.05) is 11.6 Å². The molecule has 0 saturated carbocycles. The zero-order valence-corrected chi connectivity index (χ0v) is 11.7. The molecule has 0 aliphatic carbocycles. The first-order valence-electron chi connectivity index (χ1n) is 5.77. The van der Waals surface area contributed by atoms with E-state index in [2.05, 4.69) is 42.7 Å². The molecule has 0 aliphatic heterocycles. The number of rotatable bonds is 5. The van der Waals surface area contributed by atoms with Gasteiger partial charge < -0.3 is 15.5 Å². The van der Waals surface area contributed by atoms with Gasteiger partial charge in [0, 0.05) is 25.3 Å². The maximum atomic E-state index is 6.19. The third-order valence-electron chi connectivity index (χ3n) is 2.69. The fraction of sp³-hybridized carbons (Fsp3) is 0.583. The quantitative estimate of drug-likeness (QED) is 0.876. The first kappa shape index (κ1) is 14.1. The molecule has 5 heteroatoms. The third kappa shape index (κ3) is 3.48. The van der Waals surface area contributed by atoms with E-state index in [0.29, 0.717) is 16.8 Å². The summed E-state index contributed by atoms with van der Waals surface area (Å²) in [6.45, 7) is 6.08. The summed E-state index contributed by atoms with van der Waals surface area (Å²) in [7, 11) is 4.11. The van der Waals surface area contributed by atoms with E-state index in [-0.39, 0.29) is 0 Å². The monoisotopic (exact) mass is 256 g/mol. The van der Waals surface area contributed by atoms with E-state index < -0.39 is 0 Å². The van der Waals surface area contributed by atoms with Crippen molar-refractivity contribution in [1.82, 2.24) is 9.88 Å². The van der Waals surface area contributed by atoms with Gasteiger partial charge in [-0.3, -0.25) is 4.98 Å². The van der Waals surface area contributed by atoms with Crippen molar-refractivity contribution >= 4 is 23.0 Å². The molecule has 1 heterocycles. The van der Waals surface area contributed by atoms with Gasteiger partial charge in [0.25, 0.3) is 0 Å². The van der Waals surface area contributed by atoms with Crippen LogP contribution in [0.15, 0.2) is 12.4 Å². The number of halogens is 1. The average Bonchev–Trinajstić information content (AvgIpc) is 2.22. The lowest BCUT2D eigenvalue weighted by Crippen LogP contribution is -2.40. The standard InChI is InChI=1S/C12H21ClN4/c1-5-17(9(2)8-16(3)4)12-10(13)6-15-7-11(12)14/h6-7,9H,5,8,14H2,1-4H3. The van der Waals surface area contributed by atoms with Crippen LogP contribution in [0.1, 0.15) is 13.8 Å². The van der Waals surface area contributed by atoms with Gasteiger partial charge in [-0.15, -0.1) is 0 Å². The van der Waals surface area contributed by atoms with Gasteiger partial charge in [-0.2, -0.15) is 0 Å². The highest BCUT2D eigenvalue weighted by atomic mass is 35.5. The zero-order valence-electron chi connectivity index (χ0n) is 10.9. The molecule has 0 aromatic carbocycles. The lowest BCUT2D eigenvalue weighted by atomic mass is 10.2. The lowest BCUT2D eigenvalue weighted by molar-refractivity contribution is 0.373. The first-order chi connectivity index (χ1) is 7.97. The van der Waals surface area contributed by atoms with Crippen LogP contribution >= 0.6 is 11.6 Å². The minimum absolute atomic E-state index is 0.345. The molecule has 1 aromatic rings. The molecule has 1 rings (SSSR count). The van der Waals surface area contributed by atoms with Crippen molar-refractivity contribution in [2.45, 2.75) is 19.9 Å². The molecule has 0 bridgehead atoms. The van der Waals surface area contributed by atoms with Gasteiger partial charge >= 0.3 is 0 Å². The van der Waals surface area contributed by atoms with E-state index in [1.54, 1.807) is 12.4 Å². The van der Waals surface area contributed by atoms with Crippen LogP contribution in [0.2, 0.25) is 5.02 Å². The van der Waals surface area contributed by atoms with E-state index in [1.165, 1.54) is 0 Å². The minimum atomic E-state index is 0.345. The summed E-state index contributed by atoms with van der Waals surface area (Å²) in [5, 5.41) is 0.609. The molecule has 0 aliphatic rings. The predicted octanol–water partition coefficient (Wildman–Crippen LogP) is 2.09. The van der Waals surface area contributed by atoms with Crippen LogP contribution in [0.5, 0.6) is 0 Å². The Hall–Kier alpha value is -1.00. The summed E-state index contributed by atoms with van der Waals surface area (Å²) in [6.07, 6.45) is 3.28. The molecular formula is C12H21ClN4. The Balaban J connectivity index is 3.01. The molecule has 0 fully saturated rings. The number of nitrogen functional groups attached to an aromatic ring is 1. The van der Waals surface area contributed by atoms with Gasteiger partial charge in [0.15, 0.2) is 0 Å². The Morgan fingerprint density at radius 3 is 2.53 bits per heavy atom. The summed E-state index contributed by atoms with van der Waals surface area (Å²) in [4.78, 5) is 8.35. The number of aromatic nitrogens is 1. The Morgan fingerprint density at radius 1 is 1.41 bits per heavy atom. The van der Waals surface area contributed by atoms with Crippen molar-refractivity contribution in [2.24, 2.45) is 0 Å². The third-order valence-corrected chi connectivity index (χ3v) is 2.97. The highest BCUT2D eigenvalue weighted by Gasteiger charge is 2.18. The van der Waals surface area contributed by atoms with E-state index in [4.69, 9.17) is 17.3 Å². The molecule has 1 unspecified atom stereocenters. The first-order valence-corrected chi connectivity index (χ1v) is 6.15. The summed E-state index contributed by atoms with van der Waals surface area (Å²) in [5.41, 5.74) is 7.48. The van der Waals surface area contributed by atoms with Crippen molar-refractivity contribution in [1.29, 1.82) is 0 Å². The Kier molecular flexibility index (Phi) is 5.02. The molecule has 17 heavy (non-hydrogen) atoms. The normalized spacial score (nSPS) is 12.8. The Bertz CT molecular complexity index is 347. The number of pyridine rings is 1. The fourth-order valence-corrected chi connectivity index (χ4v) is 2.34. The average molecular weight is 257 g/mol. The predicted molar refractivity (Wildman–Crippen MR) is 74.7 cm³/mol. The van der Waals surface area contributed by atoms with Gasteiger partial charge in [0.1, 0.15) is 0 Å². The van der Waals surface area contributed by atoms with Gasteiger partial charge in [0.05, 0.1) is 22.6 Å². The van der Waals surface area contributed by atoms with E-state index >= 15 is 0 Å². The van der Waals surface area contributed by atoms with Crippen LogP contribution < -0.4 is 10.6 Å². The summed E-state index contributed by atoms with van der Waals surface area (Å²) >= 11 is 6.19. The molecule has 4 nitrogen and oxygen atoms in total. The van der Waals surface area contributed by atoms with Crippen LogP contribution in [0.4, 0.5) is 11.4 Å². The Labute approximate surface area is 108 Å². The SMILES string of the molecule is CCN(c1c(N)cncc1Cl)C(C)CN(C)C. The summed E-state index contributed by atoms with van der Waals surface area (Å²) in [5.74, 6) is 0. The van der Waals surface area contributed by atoms with Crippen molar-refractivity contribution in [2.75, 3.05) is 37.8 Å². The van der Waals surface area contributed by atoms with Crippen LogP contribution in [0, 0.1) is 0 Å². The Morgan fingerprint density at radius 2 is 2.06 bits per heavy atom. The molecular weight excluding hydrogens is 236 g/mol. The molecule has 1 atom stereocenters. The smallest absolute Gasteiger partial charge is 0.0844 e. The largest absolute Gasteiger partial charge is 0.396 e. The van der Waals surface area contributed by atoms with Crippen molar-refractivity contribution in [3.05, 3.63) is 17.4 Å². The topological polar surface area (TPSA) is 45.4 Å². The highest BCUT2D eigenvalue weighted by molar-refractivity contribution is 6.33. The molecule has 0 amide bonds. The van der Waals surface area contributed by atoms with Gasteiger partial charge in [-0.25, -0.2) is 0 Å². The van der Waals surface area contributed by atoms with Gasteiger partial charge in [0.2, 0.25) is 0 Å². The molecule has 96 valence electrons. The van der Waals surface area contributed by atoms with E-state index in [1.807, 2.05) is 0 Å². The number of hydrogen-bond acceptors (Lipinski definition) is 4. The van der Waals surface area contributed by atoms with Crippen LogP contribution in [-0.4, -0.2) is 43.1 Å². The maximum Gasteiger partial charge on any atom is 0.0844 e. The second kappa shape index (κ2) is 6.07. The highest BCUT2D eigenvalue weighted by Crippen LogP contribution is 2.32. The molecule has 0 spiro atoms. The maximum absolute atomic E-state index is 6.19. The van der Waals surface area contributed by atoms with Crippen LogP contribution in [0.25, 0.3) is 0 Å². The minimum Gasteiger partial charge on any atom is -0.396 e. The summed E-state index contributed by atoms with van der Waals surface area (Å²) < 4.78 is 0. The van der Waals surface area contributed by atoms with Crippen molar-refractivity contribution < 1.29 is 0 Å². The van der Waals surface area contributed by atoms with Crippen molar-refractivity contribution in [3.63, 3.8) is 0 Å². The van der Waals surface area contributed by atoms with E-state index in [9.17, 15) is 0 Å². The molecule has 2 N–H and O–H groups in total. The number of nitrogens with two attached hydrogens (primary N) is 1. The lowest BCUT2D eigenvalue weighted by Gasteiger charge is -2.33. The number of anilines is 2. The zero-order chi connectivity index (χ0) is 13.0. The molecule has 0 saturated heterocycles. The fourth-order valence-electron chi connectivity index (χ4n) is 2.06. The number of hydrogen-bond donors (Lipinski definition) is 1.